The molecule has 1 aromatic carbocycles. The molecule has 3 rings (SSSR count). The molecule has 3 N–H and O–H groups in total. The monoisotopic (exact) mass is 246 g/mol. The Bertz CT molecular complexity index is 434. The summed E-state index contributed by atoms with van der Waals surface area (Å²) in [5.41, 5.74) is 8.87. The van der Waals surface area contributed by atoms with E-state index >= 15 is 0 Å². The lowest BCUT2D eigenvalue weighted by Gasteiger charge is -2.38. The number of aliphatic hydroxyl groups is 1. The predicted octanol–water partition coefficient (Wildman–Crippen LogP) is 1.83. The third-order valence-corrected chi connectivity index (χ3v) is 4.62. The first kappa shape index (κ1) is 12.2. The summed E-state index contributed by atoms with van der Waals surface area (Å²) in [4.78, 5) is 2.41. The molecule has 1 aliphatic carbocycles. The van der Waals surface area contributed by atoms with Gasteiger partial charge in [-0.15, -0.1) is 0 Å². The van der Waals surface area contributed by atoms with Crippen LogP contribution in [0, 0.1) is 5.92 Å². The van der Waals surface area contributed by atoms with Gasteiger partial charge in [0.2, 0.25) is 0 Å². The van der Waals surface area contributed by atoms with Gasteiger partial charge in [-0.1, -0.05) is 31.2 Å². The lowest BCUT2D eigenvalue weighted by atomic mass is 9.94. The molecular formula is C15H22N2O. The molecule has 98 valence electrons. The Kier molecular flexibility index (Phi) is 3.14. The largest absolute Gasteiger partial charge is 0.392 e. The lowest BCUT2D eigenvalue weighted by Crippen LogP contribution is -2.44. The Morgan fingerprint density at radius 3 is 2.72 bits per heavy atom. The first-order chi connectivity index (χ1) is 8.66. The average molecular weight is 246 g/mol. The van der Waals surface area contributed by atoms with Crippen LogP contribution in [0.1, 0.15) is 43.0 Å². The number of nitrogens with zero attached hydrogens (tertiary/aromatic N) is 1. The number of β-amino-alcohol motifs (C(OH)–C–C–N with tert-alkyl or cyclic N) is 1. The number of nitrogens with two attached hydrogens (primary N) is 1. The van der Waals surface area contributed by atoms with Gasteiger partial charge in [0.1, 0.15) is 0 Å². The summed E-state index contributed by atoms with van der Waals surface area (Å²) >= 11 is 0. The van der Waals surface area contributed by atoms with Gasteiger partial charge in [0.15, 0.2) is 0 Å². The molecule has 1 saturated heterocycles. The molecule has 0 saturated carbocycles. The maximum Gasteiger partial charge on any atom is 0.0693 e. The molecule has 3 heteroatoms. The number of piperidine rings is 1. The van der Waals surface area contributed by atoms with Crippen LogP contribution in [0.4, 0.5) is 0 Å². The highest BCUT2D eigenvalue weighted by molar-refractivity contribution is 5.37. The summed E-state index contributed by atoms with van der Waals surface area (Å²) in [5.74, 6) is 0.423. The van der Waals surface area contributed by atoms with Crippen LogP contribution >= 0.6 is 0 Å². The van der Waals surface area contributed by atoms with Crippen molar-refractivity contribution in [2.45, 2.75) is 38.0 Å². The molecule has 4 unspecified atom stereocenters. The number of rotatable bonds is 1. The summed E-state index contributed by atoms with van der Waals surface area (Å²) < 4.78 is 0. The number of likely N-dealkylation sites (tertiary alicyclic amines) is 1. The van der Waals surface area contributed by atoms with E-state index in [1.54, 1.807) is 0 Å². The molecule has 1 aliphatic heterocycles. The van der Waals surface area contributed by atoms with E-state index in [0.717, 1.165) is 25.9 Å². The van der Waals surface area contributed by atoms with E-state index in [1.165, 1.54) is 11.1 Å². The lowest BCUT2D eigenvalue weighted by molar-refractivity contribution is 0.00892. The quantitative estimate of drug-likeness (QED) is 0.795. The third kappa shape index (κ3) is 1.96. The molecule has 18 heavy (non-hydrogen) atoms. The zero-order chi connectivity index (χ0) is 12.7. The molecule has 0 aromatic heterocycles. The minimum atomic E-state index is -0.192. The van der Waals surface area contributed by atoms with Crippen LogP contribution in [0.3, 0.4) is 0 Å². The van der Waals surface area contributed by atoms with Crippen LogP contribution in [0.5, 0.6) is 0 Å². The highest BCUT2D eigenvalue weighted by Crippen LogP contribution is 2.42. The van der Waals surface area contributed by atoms with Crippen molar-refractivity contribution in [3.63, 3.8) is 0 Å². The van der Waals surface area contributed by atoms with Crippen molar-refractivity contribution in [1.29, 1.82) is 0 Å². The highest BCUT2D eigenvalue weighted by Gasteiger charge is 2.35. The Labute approximate surface area is 109 Å². The van der Waals surface area contributed by atoms with E-state index in [0.29, 0.717) is 12.0 Å². The second-order valence-electron chi connectivity index (χ2n) is 5.82. The molecule has 1 heterocycles. The van der Waals surface area contributed by atoms with Gasteiger partial charge in [-0.05, 0) is 36.4 Å². The van der Waals surface area contributed by atoms with Gasteiger partial charge in [-0.2, -0.15) is 0 Å². The van der Waals surface area contributed by atoms with Crippen molar-refractivity contribution < 1.29 is 5.11 Å². The van der Waals surface area contributed by atoms with Crippen molar-refractivity contribution in [3.8, 4) is 0 Å². The van der Waals surface area contributed by atoms with E-state index in [1.807, 2.05) is 0 Å². The molecule has 0 amide bonds. The molecule has 1 aromatic rings. The molecule has 3 nitrogen and oxygen atoms in total. The van der Waals surface area contributed by atoms with Gasteiger partial charge in [0.05, 0.1) is 6.10 Å². The third-order valence-electron chi connectivity index (χ3n) is 4.62. The summed E-state index contributed by atoms with van der Waals surface area (Å²) in [6, 6.07) is 9.04. The number of aliphatic hydroxyl groups excluding tert-OH is 1. The molecule has 4 atom stereocenters. The SMILES string of the molecule is CC1CCN(C2CC(N)c3ccccc32)CC1O. The van der Waals surface area contributed by atoms with Gasteiger partial charge in [-0.3, -0.25) is 4.90 Å². The highest BCUT2D eigenvalue weighted by atomic mass is 16.3. The van der Waals surface area contributed by atoms with Gasteiger partial charge in [-0.25, -0.2) is 0 Å². The molecule has 0 bridgehead atoms. The number of hydrogen-bond acceptors (Lipinski definition) is 3. The first-order valence-corrected chi connectivity index (χ1v) is 6.93. The maximum atomic E-state index is 10.0. The van der Waals surface area contributed by atoms with Crippen LogP contribution < -0.4 is 5.73 Å². The number of benzene rings is 1. The van der Waals surface area contributed by atoms with Crippen molar-refractivity contribution in [2.24, 2.45) is 11.7 Å². The maximum absolute atomic E-state index is 10.0. The molecule has 0 radical (unpaired) electrons. The zero-order valence-electron chi connectivity index (χ0n) is 10.9. The van der Waals surface area contributed by atoms with Gasteiger partial charge < -0.3 is 10.8 Å². The molecule has 1 fully saturated rings. The van der Waals surface area contributed by atoms with Crippen LogP contribution in [0.2, 0.25) is 0 Å². The standard InChI is InChI=1S/C15H22N2O/c1-10-6-7-17(9-15(10)18)14-8-13(16)11-4-2-3-5-12(11)14/h2-5,10,13-15,18H,6-9,16H2,1H3. The van der Waals surface area contributed by atoms with Crippen molar-refractivity contribution in [2.75, 3.05) is 13.1 Å². The molecule has 0 spiro atoms. The van der Waals surface area contributed by atoms with Crippen LogP contribution in [0.25, 0.3) is 0 Å². The number of hydrogen-bond donors (Lipinski definition) is 2. The molecular weight excluding hydrogens is 224 g/mol. The average Bonchev–Trinajstić information content (AvgIpc) is 2.71. The Hall–Kier alpha value is -0.900. The van der Waals surface area contributed by atoms with Gasteiger partial charge in [0.25, 0.3) is 0 Å². The van der Waals surface area contributed by atoms with Crippen LogP contribution in [-0.2, 0) is 0 Å². The van der Waals surface area contributed by atoms with E-state index in [4.69, 9.17) is 5.73 Å². The normalized spacial score (nSPS) is 36.6. The Morgan fingerprint density at radius 2 is 2.00 bits per heavy atom. The fourth-order valence-electron chi connectivity index (χ4n) is 3.35. The van der Waals surface area contributed by atoms with Gasteiger partial charge in [0, 0.05) is 18.6 Å². The van der Waals surface area contributed by atoms with E-state index in [-0.39, 0.29) is 12.1 Å². The second kappa shape index (κ2) is 4.65. The minimum absolute atomic E-state index is 0.155. The minimum Gasteiger partial charge on any atom is -0.392 e. The summed E-state index contributed by atoms with van der Waals surface area (Å²) in [6.45, 7) is 3.99. The topological polar surface area (TPSA) is 49.5 Å². The van der Waals surface area contributed by atoms with Gasteiger partial charge >= 0.3 is 0 Å². The zero-order valence-corrected chi connectivity index (χ0v) is 10.9. The van der Waals surface area contributed by atoms with Crippen LogP contribution in [0.15, 0.2) is 24.3 Å². The fourth-order valence-corrected chi connectivity index (χ4v) is 3.35. The fraction of sp³-hybridized carbons (Fsp3) is 0.600. The summed E-state index contributed by atoms with van der Waals surface area (Å²) in [7, 11) is 0. The molecule has 2 aliphatic rings. The number of fused-ring (bicyclic) bond motifs is 1. The first-order valence-electron chi connectivity index (χ1n) is 6.93. The van der Waals surface area contributed by atoms with E-state index < -0.39 is 0 Å². The van der Waals surface area contributed by atoms with E-state index in [9.17, 15) is 5.11 Å². The summed E-state index contributed by atoms with van der Waals surface area (Å²) in [6.07, 6.45) is 1.87. The second-order valence-corrected chi connectivity index (χ2v) is 5.82. The van der Waals surface area contributed by atoms with Crippen molar-refractivity contribution in [1.82, 2.24) is 4.90 Å². The van der Waals surface area contributed by atoms with Crippen molar-refractivity contribution >= 4 is 0 Å². The van der Waals surface area contributed by atoms with Crippen molar-refractivity contribution in [3.05, 3.63) is 35.4 Å². The summed E-state index contributed by atoms with van der Waals surface area (Å²) in [5, 5.41) is 10.0. The smallest absolute Gasteiger partial charge is 0.0693 e. The predicted molar refractivity (Wildman–Crippen MR) is 72.1 cm³/mol. The van der Waals surface area contributed by atoms with E-state index in [2.05, 4.69) is 36.1 Å². The van der Waals surface area contributed by atoms with Crippen LogP contribution in [-0.4, -0.2) is 29.2 Å². The Balaban J connectivity index is 1.82. The Morgan fingerprint density at radius 1 is 1.28 bits per heavy atom.